The van der Waals surface area contributed by atoms with Crippen molar-refractivity contribution in [1.82, 2.24) is 14.9 Å². The van der Waals surface area contributed by atoms with Crippen molar-refractivity contribution < 1.29 is 5.11 Å². The number of aromatic hydroxyl groups is 1. The largest absolute Gasteiger partial charge is 0.506 e. The first-order chi connectivity index (χ1) is 12.7. The van der Waals surface area contributed by atoms with Gasteiger partial charge in [-0.1, -0.05) is 18.2 Å². The fourth-order valence-electron chi connectivity index (χ4n) is 3.57. The third-order valence-electron chi connectivity index (χ3n) is 4.75. The first kappa shape index (κ1) is 16.6. The van der Waals surface area contributed by atoms with Crippen LogP contribution in [-0.4, -0.2) is 19.8 Å². The molecule has 2 aromatic heterocycles. The first-order valence-electron chi connectivity index (χ1n) is 8.64. The standard InChI is InChI=1S/C20H20N4OS/c1-2-23-13-7-10-16(23)19-18(14-8-5-6-12-21-14)22-20(26)24(19)15-9-3-4-11-17(15)25/h3-13,18-19,25H,2H2,1H3,(H,22,26)/t18-,19+/m1/s1. The molecule has 5 nitrogen and oxygen atoms in total. The molecule has 0 saturated carbocycles. The van der Waals surface area contributed by atoms with Crippen LogP contribution in [0.5, 0.6) is 5.75 Å². The lowest BCUT2D eigenvalue weighted by Gasteiger charge is -2.29. The summed E-state index contributed by atoms with van der Waals surface area (Å²) in [7, 11) is 0. The molecule has 132 valence electrons. The minimum atomic E-state index is -0.111. The summed E-state index contributed by atoms with van der Waals surface area (Å²) in [4.78, 5) is 6.53. The van der Waals surface area contributed by atoms with E-state index in [2.05, 4.69) is 34.1 Å². The third-order valence-corrected chi connectivity index (χ3v) is 5.06. The number of aryl methyl sites for hydroxylation is 1. The Morgan fingerprint density at radius 2 is 1.92 bits per heavy atom. The summed E-state index contributed by atoms with van der Waals surface area (Å²) in [5, 5.41) is 14.4. The molecule has 0 spiro atoms. The summed E-state index contributed by atoms with van der Waals surface area (Å²) in [6.07, 6.45) is 3.86. The Bertz CT molecular complexity index is 924. The van der Waals surface area contributed by atoms with E-state index >= 15 is 0 Å². The van der Waals surface area contributed by atoms with E-state index in [-0.39, 0.29) is 17.8 Å². The Balaban J connectivity index is 1.87. The third kappa shape index (κ3) is 2.72. The highest BCUT2D eigenvalue weighted by molar-refractivity contribution is 7.80. The van der Waals surface area contributed by atoms with Gasteiger partial charge in [-0.15, -0.1) is 0 Å². The van der Waals surface area contributed by atoms with Gasteiger partial charge in [0.1, 0.15) is 11.8 Å². The zero-order valence-corrected chi connectivity index (χ0v) is 15.2. The molecule has 0 amide bonds. The van der Waals surface area contributed by atoms with Crippen LogP contribution in [0.2, 0.25) is 0 Å². The van der Waals surface area contributed by atoms with Gasteiger partial charge in [-0.3, -0.25) is 4.98 Å². The lowest BCUT2D eigenvalue weighted by molar-refractivity contribution is 0.470. The van der Waals surface area contributed by atoms with Crippen LogP contribution in [0.3, 0.4) is 0 Å². The molecule has 2 N–H and O–H groups in total. The van der Waals surface area contributed by atoms with Crippen LogP contribution in [0.15, 0.2) is 67.0 Å². The number of hydrogen-bond acceptors (Lipinski definition) is 3. The summed E-state index contributed by atoms with van der Waals surface area (Å²) in [5.74, 6) is 0.206. The van der Waals surface area contributed by atoms with E-state index in [0.29, 0.717) is 10.8 Å². The van der Waals surface area contributed by atoms with Crippen molar-refractivity contribution in [2.24, 2.45) is 0 Å². The fraction of sp³-hybridized carbons (Fsp3) is 0.200. The molecule has 6 heteroatoms. The van der Waals surface area contributed by atoms with Gasteiger partial charge in [0.2, 0.25) is 0 Å². The predicted octanol–water partition coefficient (Wildman–Crippen LogP) is 3.79. The monoisotopic (exact) mass is 364 g/mol. The number of pyridine rings is 1. The second-order valence-electron chi connectivity index (χ2n) is 6.20. The zero-order chi connectivity index (χ0) is 18.1. The normalized spacial score (nSPS) is 19.6. The summed E-state index contributed by atoms with van der Waals surface area (Å²) in [6, 6.07) is 17.1. The SMILES string of the molecule is CCn1cccc1[C@H]1[C@@H](c2ccccn2)NC(=S)N1c1ccccc1O. The molecule has 1 fully saturated rings. The summed E-state index contributed by atoms with van der Waals surface area (Å²) < 4.78 is 2.20. The number of nitrogens with zero attached hydrogens (tertiary/aromatic N) is 3. The molecule has 3 heterocycles. The molecule has 2 atom stereocenters. The number of phenolic OH excluding ortho intramolecular Hbond substituents is 1. The maximum atomic E-state index is 10.4. The topological polar surface area (TPSA) is 53.3 Å². The van der Waals surface area contributed by atoms with Gasteiger partial charge in [0.25, 0.3) is 0 Å². The van der Waals surface area contributed by atoms with E-state index in [9.17, 15) is 5.11 Å². The molecule has 1 aliphatic rings. The van der Waals surface area contributed by atoms with E-state index in [1.165, 1.54) is 0 Å². The Morgan fingerprint density at radius 3 is 2.65 bits per heavy atom. The molecule has 3 aromatic rings. The highest BCUT2D eigenvalue weighted by Crippen LogP contribution is 2.44. The predicted molar refractivity (Wildman–Crippen MR) is 106 cm³/mol. The van der Waals surface area contributed by atoms with Crippen LogP contribution in [0.1, 0.15) is 30.4 Å². The van der Waals surface area contributed by atoms with Crippen LogP contribution in [0, 0.1) is 0 Å². The Labute approximate surface area is 157 Å². The summed E-state index contributed by atoms with van der Waals surface area (Å²) in [5.41, 5.74) is 2.73. The van der Waals surface area contributed by atoms with E-state index < -0.39 is 0 Å². The van der Waals surface area contributed by atoms with E-state index in [4.69, 9.17) is 12.2 Å². The lowest BCUT2D eigenvalue weighted by atomic mass is 10.0. The zero-order valence-electron chi connectivity index (χ0n) is 14.4. The number of thiocarbonyl (C=S) groups is 1. The molecule has 4 rings (SSSR count). The fourth-order valence-corrected chi connectivity index (χ4v) is 3.91. The molecule has 0 radical (unpaired) electrons. The van der Waals surface area contributed by atoms with Crippen molar-refractivity contribution in [1.29, 1.82) is 0 Å². The Kier molecular flexibility index (Phi) is 4.34. The van der Waals surface area contributed by atoms with Crippen molar-refractivity contribution in [3.8, 4) is 5.75 Å². The van der Waals surface area contributed by atoms with Gasteiger partial charge in [0, 0.05) is 24.6 Å². The number of aromatic nitrogens is 2. The van der Waals surface area contributed by atoms with Crippen molar-refractivity contribution in [2.75, 3.05) is 4.90 Å². The second kappa shape index (κ2) is 6.80. The van der Waals surface area contributed by atoms with Crippen LogP contribution in [-0.2, 0) is 6.54 Å². The van der Waals surface area contributed by atoms with Gasteiger partial charge in [0.15, 0.2) is 5.11 Å². The quantitative estimate of drug-likeness (QED) is 0.690. The van der Waals surface area contributed by atoms with E-state index in [1.807, 2.05) is 47.4 Å². The minimum Gasteiger partial charge on any atom is -0.506 e. The first-order valence-corrected chi connectivity index (χ1v) is 9.05. The Hall–Kier alpha value is -2.86. The molecule has 1 aromatic carbocycles. The maximum Gasteiger partial charge on any atom is 0.174 e. The number of nitrogens with one attached hydrogen (secondary N) is 1. The average molecular weight is 364 g/mol. The molecule has 0 bridgehead atoms. The number of rotatable bonds is 4. The number of hydrogen-bond donors (Lipinski definition) is 2. The molecule has 0 unspecified atom stereocenters. The van der Waals surface area contributed by atoms with Gasteiger partial charge in [-0.2, -0.15) is 0 Å². The Morgan fingerprint density at radius 1 is 1.12 bits per heavy atom. The number of benzene rings is 1. The lowest BCUT2D eigenvalue weighted by Crippen LogP contribution is -2.30. The van der Waals surface area contributed by atoms with E-state index in [0.717, 1.165) is 17.9 Å². The van der Waals surface area contributed by atoms with Crippen molar-refractivity contribution in [2.45, 2.75) is 25.6 Å². The van der Waals surface area contributed by atoms with Gasteiger partial charge in [0.05, 0.1) is 17.4 Å². The average Bonchev–Trinajstić information content (AvgIpc) is 3.26. The van der Waals surface area contributed by atoms with Gasteiger partial charge in [-0.25, -0.2) is 0 Å². The summed E-state index contributed by atoms with van der Waals surface area (Å²) >= 11 is 5.66. The van der Waals surface area contributed by atoms with Crippen LogP contribution < -0.4 is 10.2 Å². The molecule has 1 aliphatic heterocycles. The number of para-hydroxylation sites is 2. The van der Waals surface area contributed by atoms with Gasteiger partial charge < -0.3 is 19.9 Å². The summed E-state index contributed by atoms with van der Waals surface area (Å²) in [6.45, 7) is 2.97. The highest BCUT2D eigenvalue weighted by atomic mass is 32.1. The van der Waals surface area contributed by atoms with Gasteiger partial charge >= 0.3 is 0 Å². The molecule has 1 saturated heterocycles. The van der Waals surface area contributed by atoms with E-state index in [1.54, 1.807) is 12.3 Å². The second-order valence-corrected chi connectivity index (χ2v) is 6.59. The molecule has 26 heavy (non-hydrogen) atoms. The van der Waals surface area contributed by atoms with Crippen LogP contribution >= 0.6 is 12.2 Å². The molecular formula is C20H20N4OS. The molecule has 0 aliphatic carbocycles. The smallest absolute Gasteiger partial charge is 0.174 e. The van der Waals surface area contributed by atoms with Crippen molar-refractivity contribution in [3.63, 3.8) is 0 Å². The van der Waals surface area contributed by atoms with Gasteiger partial charge in [-0.05, 0) is 55.5 Å². The van der Waals surface area contributed by atoms with Crippen molar-refractivity contribution in [3.05, 3.63) is 78.4 Å². The number of phenols is 1. The highest BCUT2D eigenvalue weighted by Gasteiger charge is 2.42. The van der Waals surface area contributed by atoms with Crippen LogP contribution in [0.25, 0.3) is 0 Å². The van der Waals surface area contributed by atoms with Crippen molar-refractivity contribution >= 4 is 23.0 Å². The number of anilines is 1. The minimum absolute atomic E-state index is 0.108. The molecular weight excluding hydrogens is 344 g/mol. The maximum absolute atomic E-state index is 10.4. The van der Waals surface area contributed by atoms with Crippen LogP contribution in [0.4, 0.5) is 5.69 Å².